The molecule has 0 aliphatic heterocycles. The second-order valence-electron chi connectivity index (χ2n) is 8.99. The number of carbonyl (C=O) groups excluding carboxylic acids is 2. The number of methoxy groups -OCH3 is 1. The topological polar surface area (TPSA) is 58.6 Å². The highest BCUT2D eigenvalue weighted by Gasteiger charge is 2.21. The molecule has 0 unspecified atom stereocenters. The van der Waals surface area contributed by atoms with Crippen molar-refractivity contribution in [3.05, 3.63) is 150 Å². The van der Waals surface area contributed by atoms with Crippen molar-refractivity contribution in [1.29, 1.82) is 0 Å². The molecule has 2 amide bonds. The minimum Gasteiger partial charge on any atom is -0.495 e. The molecule has 192 valence electrons. The number of carbonyl (C=O) groups is 2. The van der Waals surface area contributed by atoms with Crippen molar-refractivity contribution in [2.75, 3.05) is 17.3 Å². The minimum absolute atomic E-state index is 0.171. The fourth-order valence-electron chi connectivity index (χ4n) is 4.48. The summed E-state index contributed by atoms with van der Waals surface area (Å²) in [6.07, 6.45) is 0. The van der Waals surface area contributed by atoms with Crippen LogP contribution in [0.15, 0.2) is 133 Å². The van der Waals surface area contributed by atoms with Crippen LogP contribution in [-0.4, -0.2) is 18.9 Å². The molecule has 5 heteroatoms. The Hall–Kier alpha value is -5.16. The minimum atomic E-state index is -0.262. The van der Waals surface area contributed by atoms with E-state index in [4.69, 9.17) is 4.74 Å². The second kappa shape index (κ2) is 11.9. The molecule has 0 aliphatic carbocycles. The molecule has 0 aromatic heterocycles. The predicted octanol–water partition coefficient (Wildman–Crippen LogP) is 7.46. The van der Waals surface area contributed by atoms with E-state index in [2.05, 4.69) is 5.32 Å². The van der Waals surface area contributed by atoms with Gasteiger partial charge >= 0.3 is 0 Å². The van der Waals surface area contributed by atoms with E-state index in [1.807, 2.05) is 109 Å². The molecule has 0 heterocycles. The molecule has 0 spiro atoms. The van der Waals surface area contributed by atoms with Crippen molar-refractivity contribution in [2.45, 2.75) is 6.54 Å². The molecule has 39 heavy (non-hydrogen) atoms. The highest BCUT2D eigenvalue weighted by Crippen LogP contribution is 2.30. The largest absolute Gasteiger partial charge is 0.495 e. The van der Waals surface area contributed by atoms with Crippen LogP contribution in [0.1, 0.15) is 26.3 Å². The molecule has 1 N–H and O–H groups in total. The summed E-state index contributed by atoms with van der Waals surface area (Å²) in [5, 5.41) is 2.97. The van der Waals surface area contributed by atoms with Gasteiger partial charge in [-0.1, -0.05) is 97.1 Å². The molecule has 5 aromatic carbocycles. The molecule has 5 nitrogen and oxygen atoms in total. The van der Waals surface area contributed by atoms with Gasteiger partial charge in [0, 0.05) is 16.8 Å². The Morgan fingerprint density at radius 2 is 1.33 bits per heavy atom. The first-order chi connectivity index (χ1) is 19.1. The molecule has 0 saturated heterocycles. The molecule has 5 aromatic rings. The summed E-state index contributed by atoms with van der Waals surface area (Å²) < 4.78 is 5.61. The average molecular weight is 513 g/mol. The van der Waals surface area contributed by atoms with Crippen molar-refractivity contribution >= 4 is 23.2 Å². The standard InChI is InChI=1S/C34H28N2O3/c1-39-32-23-27(34(38)36(28-17-9-4-10-18-28)24-25-13-5-2-6-14-25)21-22-31(32)35-33(37)30-20-12-11-19-29(30)26-15-7-3-8-16-26/h2-23H,24H2,1H3,(H,35,37). The quantitative estimate of drug-likeness (QED) is 0.235. The van der Waals surface area contributed by atoms with E-state index in [0.29, 0.717) is 29.1 Å². The van der Waals surface area contributed by atoms with Crippen LogP contribution < -0.4 is 15.0 Å². The maximum Gasteiger partial charge on any atom is 0.258 e. The Bertz CT molecular complexity index is 1570. The van der Waals surface area contributed by atoms with Crippen molar-refractivity contribution in [1.82, 2.24) is 0 Å². The first kappa shape index (κ1) is 25.5. The summed E-state index contributed by atoms with van der Waals surface area (Å²) in [6, 6.07) is 41.8. The normalized spacial score (nSPS) is 10.5. The van der Waals surface area contributed by atoms with Crippen LogP contribution in [0.5, 0.6) is 5.75 Å². The molecule has 0 aliphatic rings. The van der Waals surface area contributed by atoms with Gasteiger partial charge in [-0.2, -0.15) is 0 Å². The average Bonchev–Trinajstić information content (AvgIpc) is 3.01. The predicted molar refractivity (Wildman–Crippen MR) is 156 cm³/mol. The molecule has 0 saturated carbocycles. The number of amides is 2. The molecule has 0 fully saturated rings. The monoisotopic (exact) mass is 512 g/mol. The van der Waals surface area contributed by atoms with Crippen LogP contribution in [0.4, 0.5) is 11.4 Å². The summed E-state index contributed by atoms with van der Waals surface area (Å²) >= 11 is 0. The first-order valence-electron chi connectivity index (χ1n) is 12.7. The van der Waals surface area contributed by atoms with E-state index in [0.717, 1.165) is 22.4 Å². The number of hydrogen-bond donors (Lipinski definition) is 1. The zero-order chi connectivity index (χ0) is 27.0. The SMILES string of the molecule is COc1cc(C(=O)N(Cc2ccccc2)c2ccccc2)ccc1NC(=O)c1ccccc1-c1ccccc1. The molecular formula is C34H28N2O3. The van der Waals surface area contributed by atoms with Gasteiger partial charge in [-0.25, -0.2) is 0 Å². The maximum atomic E-state index is 13.8. The van der Waals surface area contributed by atoms with Crippen molar-refractivity contribution in [2.24, 2.45) is 0 Å². The number of benzene rings is 5. The Morgan fingerprint density at radius 3 is 2.03 bits per heavy atom. The van der Waals surface area contributed by atoms with E-state index in [1.165, 1.54) is 7.11 Å². The maximum absolute atomic E-state index is 13.8. The highest BCUT2D eigenvalue weighted by molar-refractivity contribution is 6.10. The van der Waals surface area contributed by atoms with Gasteiger partial charge in [-0.15, -0.1) is 0 Å². The third kappa shape index (κ3) is 5.89. The number of ether oxygens (including phenoxy) is 1. The molecular weight excluding hydrogens is 484 g/mol. The number of anilines is 2. The Morgan fingerprint density at radius 1 is 0.718 bits per heavy atom. The third-order valence-corrected chi connectivity index (χ3v) is 6.45. The second-order valence-corrected chi connectivity index (χ2v) is 8.99. The zero-order valence-corrected chi connectivity index (χ0v) is 21.6. The van der Waals surface area contributed by atoms with Gasteiger partial charge in [0.15, 0.2) is 0 Å². The van der Waals surface area contributed by atoms with E-state index in [1.54, 1.807) is 29.2 Å². The van der Waals surface area contributed by atoms with Crippen LogP contribution in [-0.2, 0) is 6.54 Å². The van der Waals surface area contributed by atoms with Crippen molar-refractivity contribution in [3.63, 3.8) is 0 Å². The van der Waals surface area contributed by atoms with Crippen molar-refractivity contribution < 1.29 is 14.3 Å². The smallest absolute Gasteiger partial charge is 0.258 e. The Balaban J connectivity index is 1.42. The van der Waals surface area contributed by atoms with Gasteiger partial charge in [0.2, 0.25) is 0 Å². The molecule has 0 atom stereocenters. The Labute approximate surface area is 228 Å². The summed E-state index contributed by atoms with van der Waals surface area (Å²) in [7, 11) is 1.52. The van der Waals surface area contributed by atoms with Crippen molar-refractivity contribution in [3.8, 4) is 16.9 Å². The fraction of sp³-hybridized carbons (Fsp3) is 0.0588. The molecule has 0 bridgehead atoms. The fourth-order valence-corrected chi connectivity index (χ4v) is 4.48. The highest BCUT2D eigenvalue weighted by atomic mass is 16.5. The third-order valence-electron chi connectivity index (χ3n) is 6.45. The van der Waals surface area contributed by atoms with Crippen LogP contribution in [0.2, 0.25) is 0 Å². The summed E-state index contributed by atoms with van der Waals surface area (Å²) in [5.41, 5.74) is 5.08. The van der Waals surface area contributed by atoms with Gasteiger partial charge in [0.1, 0.15) is 5.75 Å². The summed E-state index contributed by atoms with van der Waals surface area (Å²) in [5.74, 6) is -0.0309. The lowest BCUT2D eigenvalue weighted by molar-refractivity contribution is 0.0983. The van der Waals surface area contributed by atoms with Gasteiger partial charge in [0.25, 0.3) is 11.8 Å². The number of hydrogen-bond acceptors (Lipinski definition) is 3. The van der Waals surface area contributed by atoms with Gasteiger partial charge in [-0.3, -0.25) is 9.59 Å². The van der Waals surface area contributed by atoms with E-state index in [-0.39, 0.29) is 11.8 Å². The number of rotatable bonds is 8. The lowest BCUT2D eigenvalue weighted by atomic mass is 9.99. The van der Waals surface area contributed by atoms with E-state index in [9.17, 15) is 9.59 Å². The zero-order valence-electron chi connectivity index (χ0n) is 21.6. The van der Waals surface area contributed by atoms with Crippen LogP contribution in [0.25, 0.3) is 11.1 Å². The summed E-state index contributed by atoms with van der Waals surface area (Å²) in [4.78, 5) is 28.8. The van der Waals surface area contributed by atoms with E-state index < -0.39 is 0 Å². The van der Waals surface area contributed by atoms with Gasteiger partial charge in [-0.05, 0) is 53.1 Å². The van der Waals surface area contributed by atoms with Gasteiger partial charge < -0.3 is 15.0 Å². The van der Waals surface area contributed by atoms with Gasteiger partial charge in [0.05, 0.1) is 19.3 Å². The van der Waals surface area contributed by atoms with Crippen LogP contribution in [0, 0.1) is 0 Å². The number of para-hydroxylation sites is 1. The summed E-state index contributed by atoms with van der Waals surface area (Å²) in [6.45, 7) is 0.417. The number of nitrogens with zero attached hydrogens (tertiary/aromatic N) is 1. The molecule has 5 rings (SSSR count). The lowest BCUT2D eigenvalue weighted by Crippen LogP contribution is -2.30. The van der Waals surface area contributed by atoms with E-state index >= 15 is 0 Å². The Kier molecular flexibility index (Phi) is 7.79. The van der Waals surface area contributed by atoms with Crippen LogP contribution >= 0.6 is 0 Å². The lowest BCUT2D eigenvalue weighted by Gasteiger charge is -2.24. The molecule has 0 radical (unpaired) electrons. The van der Waals surface area contributed by atoms with Crippen LogP contribution in [0.3, 0.4) is 0 Å². The number of nitrogens with one attached hydrogen (secondary N) is 1. The first-order valence-corrected chi connectivity index (χ1v) is 12.7.